The van der Waals surface area contributed by atoms with Gasteiger partial charge in [-0.3, -0.25) is 0 Å². The van der Waals surface area contributed by atoms with Crippen LogP contribution in [0.15, 0.2) is 42.5 Å². The van der Waals surface area contributed by atoms with Crippen molar-refractivity contribution in [2.24, 2.45) is 0 Å². The molecule has 0 saturated heterocycles. The van der Waals surface area contributed by atoms with Gasteiger partial charge >= 0.3 is 0 Å². The summed E-state index contributed by atoms with van der Waals surface area (Å²) in [6, 6.07) is 13.0. The molecule has 1 aliphatic rings. The molecule has 0 unspecified atom stereocenters. The highest BCUT2D eigenvalue weighted by Gasteiger charge is 2.13. The summed E-state index contributed by atoms with van der Waals surface area (Å²) in [5.41, 5.74) is 1.59. The van der Waals surface area contributed by atoms with Crippen LogP contribution in [0.2, 0.25) is 0 Å². The Bertz CT molecular complexity index is 1030. The van der Waals surface area contributed by atoms with Gasteiger partial charge < -0.3 is 29.6 Å². The van der Waals surface area contributed by atoms with Gasteiger partial charge in [0.05, 0.1) is 19.9 Å². The van der Waals surface area contributed by atoms with Crippen LogP contribution in [-0.4, -0.2) is 37.4 Å². The second kappa shape index (κ2) is 8.14. The summed E-state index contributed by atoms with van der Waals surface area (Å²) in [6.07, 6.45) is 0. The number of nitrogens with zero attached hydrogens (tertiary/aromatic N) is 2. The summed E-state index contributed by atoms with van der Waals surface area (Å²) in [4.78, 5) is 8.94. The third kappa shape index (κ3) is 4.26. The average molecular weight is 394 g/mol. The van der Waals surface area contributed by atoms with E-state index in [1.54, 1.807) is 14.2 Å². The van der Waals surface area contributed by atoms with Crippen LogP contribution < -0.4 is 29.6 Å². The number of rotatable bonds is 6. The summed E-state index contributed by atoms with van der Waals surface area (Å²) < 4.78 is 21.9. The summed E-state index contributed by atoms with van der Waals surface area (Å²) >= 11 is 0. The predicted octanol–water partition coefficient (Wildman–Crippen LogP) is 4.06. The van der Waals surface area contributed by atoms with Gasteiger partial charge in [0.15, 0.2) is 11.5 Å². The van der Waals surface area contributed by atoms with Crippen molar-refractivity contribution in [3.8, 4) is 23.0 Å². The van der Waals surface area contributed by atoms with E-state index < -0.39 is 0 Å². The first-order valence-corrected chi connectivity index (χ1v) is 9.16. The van der Waals surface area contributed by atoms with E-state index in [1.807, 2.05) is 49.4 Å². The molecule has 1 aromatic heterocycles. The van der Waals surface area contributed by atoms with E-state index in [2.05, 4.69) is 20.6 Å². The van der Waals surface area contributed by atoms with Gasteiger partial charge in [0, 0.05) is 23.9 Å². The Morgan fingerprint density at radius 1 is 0.828 bits per heavy atom. The van der Waals surface area contributed by atoms with Gasteiger partial charge in [-0.15, -0.1) is 0 Å². The molecule has 1 aliphatic heterocycles. The first-order chi connectivity index (χ1) is 14.1. The molecule has 0 spiro atoms. The molecule has 8 nitrogen and oxygen atoms in total. The Morgan fingerprint density at radius 2 is 1.59 bits per heavy atom. The highest BCUT2D eigenvalue weighted by Crippen LogP contribution is 2.34. The number of aromatic nitrogens is 2. The molecule has 0 amide bonds. The molecule has 8 heteroatoms. The van der Waals surface area contributed by atoms with Crippen LogP contribution in [0.25, 0.3) is 0 Å². The van der Waals surface area contributed by atoms with Crippen molar-refractivity contribution in [3.05, 3.63) is 48.3 Å². The summed E-state index contributed by atoms with van der Waals surface area (Å²) in [5.74, 6) is 4.76. The highest BCUT2D eigenvalue weighted by molar-refractivity contribution is 5.69. The van der Waals surface area contributed by atoms with Gasteiger partial charge in [-0.05, 0) is 31.2 Å². The molecule has 0 saturated carbocycles. The van der Waals surface area contributed by atoms with Crippen LogP contribution in [0.5, 0.6) is 23.0 Å². The number of hydrogen-bond acceptors (Lipinski definition) is 8. The Kier molecular flexibility index (Phi) is 5.24. The molecule has 0 atom stereocenters. The normalized spacial score (nSPS) is 12.2. The fraction of sp³-hybridized carbons (Fsp3) is 0.238. The summed E-state index contributed by atoms with van der Waals surface area (Å²) in [7, 11) is 3.24. The minimum atomic E-state index is 0.541. The molecule has 0 aliphatic carbocycles. The molecule has 0 radical (unpaired) electrons. The maximum atomic E-state index is 5.64. The van der Waals surface area contributed by atoms with Crippen molar-refractivity contribution in [1.29, 1.82) is 0 Å². The molecule has 29 heavy (non-hydrogen) atoms. The number of hydrogen-bond donors (Lipinski definition) is 2. The van der Waals surface area contributed by atoms with E-state index in [0.29, 0.717) is 47.9 Å². The van der Waals surface area contributed by atoms with Crippen LogP contribution in [-0.2, 0) is 0 Å². The summed E-state index contributed by atoms with van der Waals surface area (Å²) in [5, 5.41) is 6.56. The molecule has 0 bridgehead atoms. The minimum absolute atomic E-state index is 0.541. The number of methoxy groups -OCH3 is 2. The number of fused-ring (bicyclic) bond motifs is 1. The smallest absolute Gasteiger partial charge is 0.163 e. The van der Waals surface area contributed by atoms with Crippen LogP contribution in [0.3, 0.4) is 0 Å². The van der Waals surface area contributed by atoms with Crippen molar-refractivity contribution in [2.75, 3.05) is 38.1 Å². The van der Waals surface area contributed by atoms with Crippen molar-refractivity contribution >= 4 is 23.0 Å². The SMILES string of the molecule is COc1ccc(OC)c(Nc2cc(Nc3ccc4c(c3)OCCO4)nc(C)n2)c1. The average Bonchev–Trinajstić information content (AvgIpc) is 2.73. The van der Waals surface area contributed by atoms with Crippen molar-refractivity contribution in [1.82, 2.24) is 9.97 Å². The maximum Gasteiger partial charge on any atom is 0.163 e. The number of aryl methyl sites for hydroxylation is 1. The highest BCUT2D eigenvalue weighted by atomic mass is 16.6. The van der Waals surface area contributed by atoms with Gasteiger partial charge in [0.1, 0.15) is 42.2 Å². The number of ether oxygens (including phenoxy) is 4. The number of benzene rings is 2. The quantitative estimate of drug-likeness (QED) is 0.647. The van der Waals surface area contributed by atoms with Gasteiger partial charge in [0.25, 0.3) is 0 Å². The lowest BCUT2D eigenvalue weighted by Crippen LogP contribution is -2.15. The number of nitrogens with one attached hydrogen (secondary N) is 2. The van der Waals surface area contributed by atoms with Crippen LogP contribution in [0, 0.1) is 6.92 Å². The fourth-order valence-electron chi connectivity index (χ4n) is 3.01. The lowest BCUT2D eigenvalue weighted by atomic mass is 10.2. The van der Waals surface area contributed by atoms with Gasteiger partial charge in [-0.1, -0.05) is 0 Å². The predicted molar refractivity (Wildman–Crippen MR) is 110 cm³/mol. The lowest BCUT2D eigenvalue weighted by molar-refractivity contribution is 0.171. The third-order valence-corrected chi connectivity index (χ3v) is 4.32. The largest absolute Gasteiger partial charge is 0.497 e. The molecular formula is C21H22N4O4. The minimum Gasteiger partial charge on any atom is -0.497 e. The summed E-state index contributed by atoms with van der Waals surface area (Å²) in [6.45, 7) is 2.94. The molecule has 0 fully saturated rings. The van der Waals surface area contributed by atoms with Gasteiger partial charge in [-0.25, -0.2) is 9.97 Å². The van der Waals surface area contributed by atoms with E-state index in [0.717, 1.165) is 17.1 Å². The monoisotopic (exact) mass is 394 g/mol. The van der Waals surface area contributed by atoms with E-state index in [4.69, 9.17) is 18.9 Å². The van der Waals surface area contributed by atoms with E-state index in [9.17, 15) is 0 Å². The molecule has 4 rings (SSSR count). The zero-order chi connectivity index (χ0) is 20.2. The molecule has 2 heterocycles. The first-order valence-electron chi connectivity index (χ1n) is 9.16. The van der Waals surface area contributed by atoms with E-state index in [1.165, 1.54) is 0 Å². The second-order valence-corrected chi connectivity index (χ2v) is 6.36. The fourth-order valence-corrected chi connectivity index (χ4v) is 3.01. The van der Waals surface area contributed by atoms with Crippen LogP contribution >= 0.6 is 0 Å². The Balaban J connectivity index is 1.58. The standard InChI is InChI=1S/C21H22N4O4/c1-13-22-20(24-14-4-6-18-19(10-14)29-9-8-28-18)12-21(23-13)25-16-11-15(26-2)5-7-17(16)27-3/h4-7,10-12H,8-9H2,1-3H3,(H2,22,23,24,25). The Labute approximate surface area is 168 Å². The molecular weight excluding hydrogens is 372 g/mol. The number of anilines is 4. The molecule has 3 aromatic rings. The lowest BCUT2D eigenvalue weighted by Gasteiger charge is -2.19. The second-order valence-electron chi connectivity index (χ2n) is 6.36. The van der Waals surface area contributed by atoms with Crippen molar-refractivity contribution in [2.45, 2.75) is 6.92 Å². The zero-order valence-electron chi connectivity index (χ0n) is 16.5. The topological polar surface area (TPSA) is 86.8 Å². The maximum absolute atomic E-state index is 5.64. The van der Waals surface area contributed by atoms with Crippen LogP contribution in [0.1, 0.15) is 5.82 Å². The van der Waals surface area contributed by atoms with Crippen LogP contribution in [0.4, 0.5) is 23.0 Å². The third-order valence-electron chi connectivity index (χ3n) is 4.32. The molecule has 150 valence electrons. The molecule has 2 N–H and O–H groups in total. The van der Waals surface area contributed by atoms with Crippen molar-refractivity contribution in [3.63, 3.8) is 0 Å². The van der Waals surface area contributed by atoms with Gasteiger partial charge in [-0.2, -0.15) is 0 Å². The van der Waals surface area contributed by atoms with Gasteiger partial charge in [0.2, 0.25) is 0 Å². The Morgan fingerprint density at radius 3 is 2.34 bits per heavy atom. The van der Waals surface area contributed by atoms with E-state index in [-0.39, 0.29) is 0 Å². The first kappa shape index (κ1) is 18.7. The van der Waals surface area contributed by atoms with E-state index >= 15 is 0 Å². The molecule has 2 aromatic carbocycles. The Hall–Kier alpha value is -3.68. The van der Waals surface area contributed by atoms with Crippen molar-refractivity contribution < 1.29 is 18.9 Å². The zero-order valence-corrected chi connectivity index (χ0v) is 16.5.